The number of ether oxygens (including phenoxy) is 2. The molecular formula is C25H17Cl2F3N2O3. The Morgan fingerprint density at radius 1 is 1.06 bits per heavy atom. The predicted octanol–water partition coefficient (Wildman–Crippen LogP) is 7.15. The fourth-order valence-corrected chi connectivity index (χ4v) is 3.29. The number of hydrogen-bond donors (Lipinski definition) is 1. The van der Waals surface area contributed by atoms with E-state index < -0.39 is 17.6 Å². The first kappa shape index (κ1) is 25.9. The highest BCUT2D eigenvalue weighted by molar-refractivity contribution is 6.42. The fraction of sp³-hybridized carbons (Fsp3) is 0.120. The monoisotopic (exact) mass is 520 g/mol. The number of nitriles is 1. The number of rotatable bonds is 7. The van der Waals surface area contributed by atoms with Gasteiger partial charge < -0.3 is 14.8 Å². The molecule has 10 heteroatoms. The van der Waals surface area contributed by atoms with Crippen molar-refractivity contribution in [3.63, 3.8) is 0 Å². The molecule has 0 fully saturated rings. The summed E-state index contributed by atoms with van der Waals surface area (Å²) in [5.41, 5.74) is -0.0922. The zero-order valence-electron chi connectivity index (χ0n) is 18.1. The summed E-state index contributed by atoms with van der Waals surface area (Å²) in [6.45, 7) is 0.186. The third kappa shape index (κ3) is 6.92. The van der Waals surface area contributed by atoms with E-state index in [-0.39, 0.29) is 17.9 Å². The topological polar surface area (TPSA) is 71.3 Å². The van der Waals surface area contributed by atoms with Crippen LogP contribution in [0.1, 0.15) is 16.7 Å². The number of amides is 1. The minimum atomic E-state index is -4.56. The molecular weight excluding hydrogens is 504 g/mol. The molecule has 0 spiro atoms. The Balaban J connectivity index is 1.76. The number of nitrogens with zero attached hydrogens (tertiary/aromatic N) is 1. The van der Waals surface area contributed by atoms with Crippen molar-refractivity contribution in [3.05, 3.63) is 93.0 Å². The average Bonchev–Trinajstić information content (AvgIpc) is 2.83. The number of alkyl halides is 3. The lowest BCUT2D eigenvalue weighted by Crippen LogP contribution is -2.14. The normalized spacial score (nSPS) is 11.5. The lowest BCUT2D eigenvalue weighted by atomic mass is 10.1. The van der Waals surface area contributed by atoms with Gasteiger partial charge in [0.2, 0.25) is 0 Å². The Bertz CT molecular complexity index is 1320. The van der Waals surface area contributed by atoms with Crippen LogP contribution in [0, 0.1) is 11.3 Å². The summed E-state index contributed by atoms with van der Waals surface area (Å²) in [4.78, 5) is 12.5. The van der Waals surface area contributed by atoms with Gasteiger partial charge in [-0.1, -0.05) is 41.4 Å². The van der Waals surface area contributed by atoms with E-state index in [9.17, 15) is 23.2 Å². The van der Waals surface area contributed by atoms with E-state index in [1.807, 2.05) is 0 Å². The maximum atomic E-state index is 12.9. The number of carbonyl (C=O) groups is 1. The Kier molecular flexibility index (Phi) is 8.28. The second-order valence-corrected chi connectivity index (χ2v) is 7.96. The van der Waals surface area contributed by atoms with Crippen molar-refractivity contribution in [3.8, 4) is 17.6 Å². The number of methoxy groups -OCH3 is 1. The zero-order chi connectivity index (χ0) is 25.6. The van der Waals surface area contributed by atoms with Crippen LogP contribution in [0.3, 0.4) is 0 Å². The molecule has 3 aromatic rings. The van der Waals surface area contributed by atoms with Crippen molar-refractivity contribution in [2.75, 3.05) is 12.4 Å². The van der Waals surface area contributed by atoms with E-state index in [4.69, 9.17) is 32.7 Å². The van der Waals surface area contributed by atoms with Crippen LogP contribution in [0.4, 0.5) is 18.9 Å². The molecule has 0 bridgehead atoms. The molecule has 0 aliphatic rings. The first-order valence-corrected chi connectivity index (χ1v) is 10.7. The van der Waals surface area contributed by atoms with E-state index in [0.29, 0.717) is 27.1 Å². The van der Waals surface area contributed by atoms with Crippen molar-refractivity contribution < 1.29 is 27.4 Å². The summed E-state index contributed by atoms with van der Waals surface area (Å²) < 4.78 is 49.8. The Morgan fingerprint density at radius 2 is 1.83 bits per heavy atom. The van der Waals surface area contributed by atoms with Crippen molar-refractivity contribution in [1.29, 1.82) is 5.26 Å². The molecule has 0 aliphatic carbocycles. The largest absolute Gasteiger partial charge is 0.493 e. The van der Waals surface area contributed by atoms with E-state index in [2.05, 4.69) is 5.32 Å². The smallest absolute Gasteiger partial charge is 0.416 e. The third-order valence-electron chi connectivity index (χ3n) is 4.69. The van der Waals surface area contributed by atoms with Gasteiger partial charge >= 0.3 is 6.18 Å². The number of anilines is 1. The van der Waals surface area contributed by atoms with Crippen LogP contribution in [-0.4, -0.2) is 13.0 Å². The second-order valence-electron chi connectivity index (χ2n) is 7.15. The van der Waals surface area contributed by atoms with Crippen LogP contribution < -0.4 is 14.8 Å². The van der Waals surface area contributed by atoms with E-state index in [1.165, 1.54) is 19.3 Å². The Hall–Kier alpha value is -3.67. The van der Waals surface area contributed by atoms with E-state index >= 15 is 0 Å². The maximum absolute atomic E-state index is 12.9. The Morgan fingerprint density at radius 3 is 2.49 bits per heavy atom. The van der Waals surface area contributed by atoms with Crippen LogP contribution in [-0.2, 0) is 17.6 Å². The highest BCUT2D eigenvalue weighted by Gasteiger charge is 2.30. The molecule has 0 saturated carbocycles. The summed E-state index contributed by atoms with van der Waals surface area (Å²) >= 11 is 11.9. The van der Waals surface area contributed by atoms with Crippen LogP contribution in [0.5, 0.6) is 11.5 Å². The van der Waals surface area contributed by atoms with Gasteiger partial charge in [-0.3, -0.25) is 4.79 Å². The molecule has 0 aliphatic heterocycles. The van der Waals surface area contributed by atoms with Gasteiger partial charge in [0, 0.05) is 5.69 Å². The molecule has 0 aromatic heterocycles. The SMILES string of the molecule is COc1cc(/C=C(\C#N)C(=O)Nc2cccc(C(F)(F)F)c2)ccc1OCc1ccc(Cl)c(Cl)c1. The van der Waals surface area contributed by atoms with Gasteiger partial charge in [0.1, 0.15) is 18.2 Å². The minimum absolute atomic E-state index is 0.0883. The van der Waals surface area contributed by atoms with Gasteiger partial charge in [-0.15, -0.1) is 0 Å². The van der Waals surface area contributed by atoms with Crippen molar-refractivity contribution >= 4 is 40.9 Å². The van der Waals surface area contributed by atoms with Gasteiger partial charge in [-0.25, -0.2) is 0 Å². The van der Waals surface area contributed by atoms with Gasteiger partial charge in [-0.05, 0) is 59.7 Å². The van der Waals surface area contributed by atoms with Crippen molar-refractivity contribution in [2.45, 2.75) is 12.8 Å². The molecule has 3 aromatic carbocycles. The summed E-state index contributed by atoms with van der Waals surface area (Å²) in [6.07, 6.45) is -3.27. The summed E-state index contributed by atoms with van der Waals surface area (Å²) in [6, 6.07) is 15.7. The third-order valence-corrected chi connectivity index (χ3v) is 5.43. The highest BCUT2D eigenvalue weighted by Crippen LogP contribution is 2.32. The lowest BCUT2D eigenvalue weighted by Gasteiger charge is -2.12. The molecule has 1 amide bonds. The molecule has 0 saturated heterocycles. The standard InChI is InChI=1S/C25H17Cl2F3N2O3/c1-34-23-11-15(6-8-22(23)35-14-16-5-7-20(26)21(27)10-16)9-17(13-31)24(33)32-19-4-2-3-18(12-19)25(28,29)30/h2-12H,14H2,1H3,(H,32,33)/b17-9+. The first-order valence-electron chi connectivity index (χ1n) is 9.96. The quantitative estimate of drug-likeness (QED) is 0.265. The highest BCUT2D eigenvalue weighted by atomic mass is 35.5. The number of halogens is 5. The molecule has 5 nitrogen and oxygen atoms in total. The van der Waals surface area contributed by atoms with E-state index in [0.717, 1.165) is 23.8 Å². The lowest BCUT2D eigenvalue weighted by molar-refractivity contribution is -0.137. The van der Waals surface area contributed by atoms with Gasteiger partial charge in [0.25, 0.3) is 5.91 Å². The fourth-order valence-electron chi connectivity index (χ4n) is 2.97. The van der Waals surface area contributed by atoms with Gasteiger partial charge in [0.05, 0.1) is 22.7 Å². The number of nitrogens with one attached hydrogen (secondary N) is 1. The molecule has 1 N–H and O–H groups in total. The Labute approximate surface area is 209 Å². The molecule has 0 radical (unpaired) electrons. The van der Waals surface area contributed by atoms with Gasteiger partial charge in [-0.2, -0.15) is 18.4 Å². The minimum Gasteiger partial charge on any atom is -0.493 e. The number of hydrogen-bond acceptors (Lipinski definition) is 4. The average molecular weight is 521 g/mol. The molecule has 35 heavy (non-hydrogen) atoms. The molecule has 3 rings (SSSR count). The molecule has 0 unspecified atom stereocenters. The number of benzene rings is 3. The maximum Gasteiger partial charge on any atom is 0.416 e. The first-order chi connectivity index (χ1) is 16.6. The van der Waals surface area contributed by atoms with Crippen molar-refractivity contribution in [2.24, 2.45) is 0 Å². The van der Waals surface area contributed by atoms with Crippen LogP contribution >= 0.6 is 23.2 Å². The van der Waals surface area contributed by atoms with Gasteiger partial charge in [0.15, 0.2) is 11.5 Å². The number of carbonyl (C=O) groups excluding carboxylic acids is 1. The second kappa shape index (κ2) is 11.2. The zero-order valence-corrected chi connectivity index (χ0v) is 19.6. The van der Waals surface area contributed by atoms with Crippen LogP contribution in [0.15, 0.2) is 66.2 Å². The van der Waals surface area contributed by atoms with Crippen LogP contribution in [0.25, 0.3) is 6.08 Å². The van der Waals surface area contributed by atoms with Crippen molar-refractivity contribution in [1.82, 2.24) is 0 Å². The predicted molar refractivity (Wildman–Crippen MR) is 127 cm³/mol. The summed E-state index contributed by atoms with van der Waals surface area (Å²) in [5, 5.41) is 12.5. The molecule has 180 valence electrons. The summed E-state index contributed by atoms with van der Waals surface area (Å²) in [5.74, 6) is -0.109. The van der Waals surface area contributed by atoms with Crippen LogP contribution in [0.2, 0.25) is 10.0 Å². The molecule has 0 heterocycles. The van der Waals surface area contributed by atoms with E-state index in [1.54, 1.807) is 42.5 Å². The summed E-state index contributed by atoms with van der Waals surface area (Å²) in [7, 11) is 1.43. The molecule has 0 atom stereocenters.